The lowest BCUT2D eigenvalue weighted by Gasteiger charge is -2.16. The smallest absolute Gasteiger partial charge is 0.329 e. The molecule has 3 heterocycles. The molecule has 1 fully saturated rings. The molecule has 170 valence electrons. The number of fused-ring (bicyclic) bond motifs is 1. The van der Waals surface area contributed by atoms with Crippen LogP contribution in [0.2, 0.25) is 0 Å². The van der Waals surface area contributed by atoms with Crippen molar-refractivity contribution in [3.05, 3.63) is 82.3 Å². The van der Waals surface area contributed by atoms with Crippen LogP contribution in [-0.4, -0.2) is 43.2 Å². The molecule has 1 saturated heterocycles. The second-order valence-corrected chi connectivity index (χ2v) is 8.31. The van der Waals surface area contributed by atoms with Crippen molar-refractivity contribution in [1.29, 1.82) is 0 Å². The summed E-state index contributed by atoms with van der Waals surface area (Å²) in [4.78, 5) is 27.4. The second-order valence-electron chi connectivity index (χ2n) is 8.31. The van der Waals surface area contributed by atoms with E-state index in [2.05, 4.69) is 10.2 Å². The number of aryl methyl sites for hydroxylation is 1. The van der Waals surface area contributed by atoms with Gasteiger partial charge < -0.3 is 9.64 Å². The van der Waals surface area contributed by atoms with E-state index in [-0.39, 0.29) is 36.5 Å². The molecule has 8 nitrogen and oxygen atoms in total. The maximum absolute atomic E-state index is 13.3. The van der Waals surface area contributed by atoms with Crippen LogP contribution in [0.25, 0.3) is 11.0 Å². The molecule has 1 amide bonds. The van der Waals surface area contributed by atoms with Gasteiger partial charge in [-0.2, -0.15) is 5.10 Å². The van der Waals surface area contributed by atoms with E-state index in [9.17, 15) is 14.0 Å². The fourth-order valence-corrected chi connectivity index (χ4v) is 4.36. The fourth-order valence-electron chi connectivity index (χ4n) is 4.36. The van der Waals surface area contributed by atoms with E-state index in [4.69, 9.17) is 4.74 Å². The van der Waals surface area contributed by atoms with Gasteiger partial charge in [0.2, 0.25) is 5.91 Å². The molecule has 0 bridgehead atoms. The first-order valence-electron chi connectivity index (χ1n) is 10.8. The van der Waals surface area contributed by atoms with Crippen LogP contribution in [0.4, 0.5) is 4.39 Å². The van der Waals surface area contributed by atoms with Crippen LogP contribution >= 0.6 is 0 Å². The SMILES string of the molecule is Cn1c(=O)n(CC(=O)N2CCC(c3cc(COc4cccc(F)c4)[nH]n3)C2)c2ccccc21. The lowest BCUT2D eigenvalue weighted by Crippen LogP contribution is -2.35. The Labute approximate surface area is 189 Å². The van der Waals surface area contributed by atoms with Crippen molar-refractivity contribution in [2.75, 3.05) is 13.1 Å². The molecule has 1 unspecified atom stereocenters. The third kappa shape index (κ3) is 4.13. The first kappa shape index (κ1) is 21.0. The molecule has 0 radical (unpaired) electrons. The maximum Gasteiger partial charge on any atom is 0.329 e. The van der Waals surface area contributed by atoms with Gasteiger partial charge >= 0.3 is 5.69 Å². The van der Waals surface area contributed by atoms with Crippen molar-refractivity contribution in [2.24, 2.45) is 7.05 Å². The quantitative estimate of drug-likeness (QED) is 0.491. The Bertz CT molecular complexity index is 1370. The minimum absolute atomic E-state index is 0.0141. The van der Waals surface area contributed by atoms with E-state index < -0.39 is 0 Å². The van der Waals surface area contributed by atoms with Crippen molar-refractivity contribution < 1.29 is 13.9 Å². The number of carbonyl (C=O) groups excluding carboxylic acids is 1. The number of para-hydroxylation sites is 2. The predicted molar refractivity (Wildman–Crippen MR) is 120 cm³/mol. The molecule has 2 aromatic carbocycles. The van der Waals surface area contributed by atoms with E-state index in [1.807, 2.05) is 30.3 Å². The number of nitrogens with one attached hydrogen (secondary N) is 1. The highest BCUT2D eigenvalue weighted by molar-refractivity contribution is 5.81. The number of nitrogens with zero attached hydrogens (tertiary/aromatic N) is 4. The van der Waals surface area contributed by atoms with E-state index >= 15 is 0 Å². The molecular formula is C24H24FN5O3. The Morgan fingerprint density at radius 2 is 2.00 bits per heavy atom. The minimum Gasteiger partial charge on any atom is -0.487 e. The molecule has 2 aromatic heterocycles. The van der Waals surface area contributed by atoms with Gasteiger partial charge in [-0.15, -0.1) is 0 Å². The lowest BCUT2D eigenvalue weighted by molar-refractivity contribution is -0.130. The van der Waals surface area contributed by atoms with Gasteiger partial charge in [0.1, 0.15) is 24.7 Å². The number of hydrogen-bond acceptors (Lipinski definition) is 4. The average molecular weight is 449 g/mol. The number of benzene rings is 2. The molecule has 5 rings (SSSR count). The summed E-state index contributed by atoms with van der Waals surface area (Å²) in [5.41, 5.74) is 3.01. The number of H-pyrrole nitrogens is 1. The number of rotatable bonds is 6. The van der Waals surface area contributed by atoms with Gasteiger partial charge in [0.15, 0.2) is 0 Å². The molecule has 33 heavy (non-hydrogen) atoms. The number of amides is 1. The number of likely N-dealkylation sites (tertiary alicyclic amines) is 1. The first-order valence-corrected chi connectivity index (χ1v) is 10.8. The van der Waals surface area contributed by atoms with Crippen molar-refractivity contribution in [3.8, 4) is 5.75 Å². The van der Waals surface area contributed by atoms with E-state index in [0.29, 0.717) is 18.8 Å². The first-order chi connectivity index (χ1) is 16.0. The molecule has 0 saturated carbocycles. The van der Waals surface area contributed by atoms with Gasteiger partial charge in [0, 0.05) is 32.1 Å². The summed E-state index contributed by atoms with van der Waals surface area (Å²) in [7, 11) is 1.71. The molecule has 1 aliphatic heterocycles. The van der Waals surface area contributed by atoms with Gasteiger partial charge in [-0.1, -0.05) is 18.2 Å². The zero-order valence-corrected chi connectivity index (χ0v) is 18.2. The maximum atomic E-state index is 13.3. The van der Waals surface area contributed by atoms with Crippen LogP contribution in [0.15, 0.2) is 59.4 Å². The Morgan fingerprint density at radius 1 is 1.18 bits per heavy atom. The average Bonchev–Trinajstić information content (AvgIpc) is 3.54. The summed E-state index contributed by atoms with van der Waals surface area (Å²) >= 11 is 0. The third-order valence-corrected chi connectivity index (χ3v) is 6.15. The molecule has 1 N–H and O–H groups in total. The number of aromatic nitrogens is 4. The van der Waals surface area contributed by atoms with Crippen LogP contribution in [0.3, 0.4) is 0 Å². The van der Waals surface area contributed by atoms with Crippen LogP contribution < -0.4 is 10.4 Å². The van der Waals surface area contributed by atoms with Crippen molar-refractivity contribution in [2.45, 2.75) is 25.5 Å². The van der Waals surface area contributed by atoms with Gasteiger partial charge in [0.05, 0.1) is 22.4 Å². The van der Waals surface area contributed by atoms with E-state index in [1.54, 1.807) is 28.6 Å². The number of ether oxygens (including phenoxy) is 1. The molecule has 0 aliphatic carbocycles. The number of aromatic amines is 1. The molecule has 4 aromatic rings. The van der Waals surface area contributed by atoms with Crippen LogP contribution in [-0.2, 0) is 25.0 Å². The third-order valence-electron chi connectivity index (χ3n) is 6.15. The molecule has 1 atom stereocenters. The molecular weight excluding hydrogens is 425 g/mol. The zero-order chi connectivity index (χ0) is 22.9. The number of hydrogen-bond donors (Lipinski definition) is 1. The Morgan fingerprint density at radius 3 is 2.82 bits per heavy atom. The summed E-state index contributed by atoms with van der Waals surface area (Å²) in [6.45, 7) is 1.43. The standard InChI is InChI=1S/C24H24FN5O3/c1-28-21-7-2-3-8-22(21)30(24(28)32)14-23(31)29-10-9-16(13-29)20-12-18(26-27-20)15-33-19-6-4-5-17(25)11-19/h2-8,11-12,16H,9-10,13-15H2,1H3,(H,26,27). The van der Waals surface area contributed by atoms with Crippen molar-refractivity contribution in [1.82, 2.24) is 24.2 Å². The number of carbonyl (C=O) groups is 1. The van der Waals surface area contributed by atoms with Crippen LogP contribution in [0.1, 0.15) is 23.7 Å². The van der Waals surface area contributed by atoms with Crippen molar-refractivity contribution in [3.63, 3.8) is 0 Å². The van der Waals surface area contributed by atoms with Gasteiger partial charge in [-0.25, -0.2) is 9.18 Å². The summed E-state index contributed by atoms with van der Waals surface area (Å²) in [6.07, 6.45) is 0.797. The van der Waals surface area contributed by atoms with Crippen LogP contribution in [0, 0.1) is 5.82 Å². The Hall–Kier alpha value is -3.88. The van der Waals surface area contributed by atoms with Gasteiger partial charge in [0.25, 0.3) is 0 Å². The Kier molecular flexibility index (Phi) is 5.45. The minimum atomic E-state index is -0.348. The Balaban J connectivity index is 1.22. The molecule has 9 heteroatoms. The highest BCUT2D eigenvalue weighted by atomic mass is 19.1. The monoisotopic (exact) mass is 449 g/mol. The zero-order valence-electron chi connectivity index (χ0n) is 18.2. The van der Waals surface area contributed by atoms with Crippen LogP contribution in [0.5, 0.6) is 5.75 Å². The fraction of sp³-hybridized carbons (Fsp3) is 0.292. The number of halogens is 1. The highest BCUT2D eigenvalue weighted by Gasteiger charge is 2.29. The topological polar surface area (TPSA) is 85.1 Å². The lowest BCUT2D eigenvalue weighted by atomic mass is 10.1. The number of imidazole rings is 1. The molecule has 0 spiro atoms. The van der Waals surface area contributed by atoms with E-state index in [0.717, 1.165) is 28.8 Å². The molecule has 1 aliphatic rings. The normalized spacial score (nSPS) is 15.9. The van der Waals surface area contributed by atoms with E-state index in [1.165, 1.54) is 16.7 Å². The largest absolute Gasteiger partial charge is 0.487 e. The predicted octanol–water partition coefficient (Wildman–Crippen LogP) is 2.80. The van der Waals surface area contributed by atoms with Crippen molar-refractivity contribution >= 4 is 16.9 Å². The summed E-state index contributed by atoms with van der Waals surface area (Å²) in [6, 6.07) is 15.4. The van der Waals surface area contributed by atoms with Gasteiger partial charge in [-0.3, -0.25) is 19.0 Å². The highest BCUT2D eigenvalue weighted by Crippen LogP contribution is 2.27. The summed E-state index contributed by atoms with van der Waals surface area (Å²) in [5, 5.41) is 7.35. The summed E-state index contributed by atoms with van der Waals surface area (Å²) in [5.74, 6) is 0.130. The summed E-state index contributed by atoms with van der Waals surface area (Å²) < 4.78 is 22.0. The van der Waals surface area contributed by atoms with Gasteiger partial charge in [-0.05, 0) is 36.8 Å². The second kappa shape index (κ2) is 8.57.